The molecule has 0 spiro atoms. The van der Waals surface area contributed by atoms with Crippen molar-refractivity contribution in [3.05, 3.63) is 0 Å². The molecule has 104 valence electrons. The van der Waals surface area contributed by atoms with Gasteiger partial charge in [0, 0.05) is 6.61 Å². The third-order valence-electron chi connectivity index (χ3n) is 2.22. The molecule has 1 unspecified atom stereocenters. The Balaban J connectivity index is 3.57. The summed E-state index contributed by atoms with van der Waals surface area (Å²) in [6.07, 6.45) is 0.739. The summed E-state index contributed by atoms with van der Waals surface area (Å²) >= 11 is 0. The van der Waals surface area contributed by atoms with E-state index in [9.17, 15) is 8.42 Å². The van der Waals surface area contributed by atoms with E-state index < -0.39 is 10.0 Å². The quantitative estimate of drug-likeness (QED) is 0.599. The molecule has 6 heteroatoms. The molecule has 0 saturated carbocycles. The summed E-state index contributed by atoms with van der Waals surface area (Å²) < 4.78 is 32.5. The van der Waals surface area contributed by atoms with E-state index in [4.69, 9.17) is 14.6 Å². The van der Waals surface area contributed by atoms with Crippen molar-refractivity contribution in [3.8, 4) is 0 Å². The highest BCUT2D eigenvalue weighted by molar-refractivity contribution is 7.89. The summed E-state index contributed by atoms with van der Waals surface area (Å²) in [5.41, 5.74) is 0. The van der Waals surface area contributed by atoms with Crippen LogP contribution in [-0.4, -0.2) is 40.6 Å². The van der Waals surface area contributed by atoms with Crippen molar-refractivity contribution in [2.24, 2.45) is 17.0 Å². The van der Waals surface area contributed by atoms with Crippen molar-refractivity contribution in [2.75, 3.05) is 32.2 Å². The van der Waals surface area contributed by atoms with E-state index in [0.29, 0.717) is 25.7 Å². The van der Waals surface area contributed by atoms with Crippen molar-refractivity contribution in [1.29, 1.82) is 0 Å². The molecule has 0 aliphatic rings. The number of nitrogens with two attached hydrogens (primary N) is 1. The molecular formula is C11H25NO4S. The molecule has 17 heavy (non-hydrogen) atoms. The summed E-state index contributed by atoms with van der Waals surface area (Å²) in [4.78, 5) is 0. The molecule has 0 rings (SSSR count). The lowest BCUT2D eigenvalue weighted by atomic mass is 10.1. The maximum atomic E-state index is 10.9. The number of ether oxygens (including phenoxy) is 2. The van der Waals surface area contributed by atoms with E-state index in [0.717, 1.165) is 13.0 Å². The Hall–Kier alpha value is -0.170. The number of hydrogen-bond acceptors (Lipinski definition) is 4. The van der Waals surface area contributed by atoms with Crippen LogP contribution in [0.4, 0.5) is 0 Å². The predicted octanol–water partition coefficient (Wildman–Crippen LogP) is 0.990. The minimum atomic E-state index is -3.41. The Morgan fingerprint density at radius 2 is 1.65 bits per heavy atom. The first kappa shape index (κ1) is 16.8. The zero-order valence-electron chi connectivity index (χ0n) is 11.0. The van der Waals surface area contributed by atoms with Crippen LogP contribution in [0.25, 0.3) is 0 Å². The van der Waals surface area contributed by atoms with Crippen LogP contribution in [0.15, 0.2) is 0 Å². The lowest BCUT2D eigenvalue weighted by Gasteiger charge is -2.14. The molecule has 0 bridgehead atoms. The summed E-state index contributed by atoms with van der Waals surface area (Å²) in [5, 5.41) is 4.99. The van der Waals surface area contributed by atoms with Gasteiger partial charge >= 0.3 is 0 Å². The van der Waals surface area contributed by atoms with Crippen LogP contribution in [0.1, 0.15) is 27.2 Å². The van der Waals surface area contributed by atoms with Gasteiger partial charge in [-0.25, -0.2) is 13.6 Å². The van der Waals surface area contributed by atoms with Gasteiger partial charge in [-0.15, -0.1) is 0 Å². The third kappa shape index (κ3) is 12.1. The molecule has 0 amide bonds. The summed E-state index contributed by atoms with van der Waals surface area (Å²) in [6.45, 7) is 8.27. The van der Waals surface area contributed by atoms with E-state index in [2.05, 4.69) is 13.8 Å². The van der Waals surface area contributed by atoms with Gasteiger partial charge in [0.2, 0.25) is 10.0 Å². The highest BCUT2D eigenvalue weighted by atomic mass is 32.2. The minimum absolute atomic E-state index is 0.0175. The van der Waals surface area contributed by atoms with Crippen molar-refractivity contribution in [3.63, 3.8) is 0 Å². The Morgan fingerprint density at radius 3 is 2.06 bits per heavy atom. The van der Waals surface area contributed by atoms with Gasteiger partial charge in [-0.2, -0.15) is 0 Å². The average molecular weight is 267 g/mol. The summed E-state index contributed by atoms with van der Waals surface area (Å²) in [5.74, 6) is 0.465. The molecule has 0 aliphatic carbocycles. The van der Waals surface area contributed by atoms with Crippen molar-refractivity contribution in [1.82, 2.24) is 0 Å². The molecule has 2 N–H and O–H groups in total. The SMILES string of the molecule is CCC(COCCOCC(C)C)CS(N)(=O)=O. The van der Waals surface area contributed by atoms with Crippen molar-refractivity contribution in [2.45, 2.75) is 27.2 Å². The fourth-order valence-corrected chi connectivity index (χ4v) is 2.29. The summed E-state index contributed by atoms with van der Waals surface area (Å²) in [6, 6.07) is 0. The fraction of sp³-hybridized carbons (Fsp3) is 1.00. The fourth-order valence-electron chi connectivity index (χ4n) is 1.30. The summed E-state index contributed by atoms with van der Waals surface area (Å²) in [7, 11) is -3.41. The zero-order valence-corrected chi connectivity index (χ0v) is 11.8. The second-order valence-electron chi connectivity index (χ2n) is 4.65. The predicted molar refractivity (Wildman–Crippen MR) is 68.2 cm³/mol. The van der Waals surface area contributed by atoms with Crippen LogP contribution in [0.3, 0.4) is 0 Å². The van der Waals surface area contributed by atoms with Gasteiger partial charge < -0.3 is 9.47 Å². The maximum absolute atomic E-state index is 10.9. The molecule has 0 aromatic carbocycles. The van der Waals surface area contributed by atoms with Crippen molar-refractivity contribution >= 4 is 10.0 Å². The van der Waals surface area contributed by atoms with Crippen LogP contribution in [-0.2, 0) is 19.5 Å². The molecule has 0 fully saturated rings. The Kier molecular flexibility index (Phi) is 8.77. The van der Waals surface area contributed by atoms with E-state index in [1.807, 2.05) is 6.92 Å². The number of primary sulfonamides is 1. The van der Waals surface area contributed by atoms with Gasteiger partial charge in [0.05, 0.1) is 25.6 Å². The van der Waals surface area contributed by atoms with Crippen LogP contribution in [0, 0.1) is 11.8 Å². The standard InChI is InChI=1S/C11H25NO4S/c1-4-11(9-17(12,13)14)8-16-6-5-15-7-10(2)3/h10-11H,4-9H2,1-3H3,(H2,12,13,14). The Morgan fingerprint density at radius 1 is 1.12 bits per heavy atom. The number of sulfonamides is 1. The number of hydrogen-bond donors (Lipinski definition) is 1. The van der Waals surface area contributed by atoms with Gasteiger partial charge in [-0.3, -0.25) is 0 Å². The van der Waals surface area contributed by atoms with E-state index >= 15 is 0 Å². The molecule has 0 saturated heterocycles. The first-order valence-corrected chi connectivity index (χ1v) is 7.72. The first-order valence-electron chi connectivity index (χ1n) is 6.01. The van der Waals surface area contributed by atoms with Crippen LogP contribution in [0.2, 0.25) is 0 Å². The first-order chi connectivity index (χ1) is 7.85. The van der Waals surface area contributed by atoms with E-state index in [1.54, 1.807) is 0 Å². The van der Waals surface area contributed by atoms with Gasteiger partial charge in [0.1, 0.15) is 0 Å². The molecule has 0 aliphatic heterocycles. The van der Waals surface area contributed by atoms with Gasteiger partial charge in [-0.05, 0) is 11.8 Å². The zero-order chi connectivity index (χ0) is 13.3. The third-order valence-corrected chi connectivity index (χ3v) is 3.16. The van der Waals surface area contributed by atoms with Crippen LogP contribution >= 0.6 is 0 Å². The smallest absolute Gasteiger partial charge is 0.209 e. The lowest BCUT2D eigenvalue weighted by molar-refractivity contribution is 0.0273. The molecule has 5 nitrogen and oxygen atoms in total. The van der Waals surface area contributed by atoms with Crippen molar-refractivity contribution < 1.29 is 17.9 Å². The molecular weight excluding hydrogens is 242 g/mol. The molecule has 0 heterocycles. The van der Waals surface area contributed by atoms with E-state index in [1.165, 1.54) is 0 Å². The minimum Gasteiger partial charge on any atom is -0.379 e. The largest absolute Gasteiger partial charge is 0.379 e. The maximum Gasteiger partial charge on any atom is 0.209 e. The van der Waals surface area contributed by atoms with Gasteiger partial charge in [0.15, 0.2) is 0 Å². The monoisotopic (exact) mass is 267 g/mol. The Bertz CT molecular complexity index is 277. The number of rotatable bonds is 10. The average Bonchev–Trinajstić information content (AvgIpc) is 2.19. The topological polar surface area (TPSA) is 78.6 Å². The van der Waals surface area contributed by atoms with Gasteiger partial charge in [0.25, 0.3) is 0 Å². The highest BCUT2D eigenvalue weighted by Crippen LogP contribution is 2.05. The second-order valence-corrected chi connectivity index (χ2v) is 6.31. The van der Waals surface area contributed by atoms with Crippen LogP contribution in [0.5, 0.6) is 0 Å². The highest BCUT2D eigenvalue weighted by Gasteiger charge is 2.14. The lowest BCUT2D eigenvalue weighted by Crippen LogP contribution is -2.26. The van der Waals surface area contributed by atoms with Gasteiger partial charge in [-0.1, -0.05) is 27.2 Å². The second kappa shape index (κ2) is 8.85. The van der Waals surface area contributed by atoms with E-state index in [-0.39, 0.29) is 11.7 Å². The normalized spacial score (nSPS) is 14.2. The Labute approximate surface area is 105 Å². The molecule has 0 aromatic rings. The molecule has 1 atom stereocenters. The molecule has 0 radical (unpaired) electrons. The van der Waals surface area contributed by atoms with Crippen LogP contribution < -0.4 is 5.14 Å². The molecule has 0 aromatic heterocycles.